The summed E-state index contributed by atoms with van der Waals surface area (Å²) in [5, 5.41) is 59.2. The molecule has 1 fully saturated rings. The van der Waals surface area contributed by atoms with Gasteiger partial charge in [-0.15, -0.1) is 0 Å². The van der Waals surface area contributed by atoms with Crippen LogP contribution in [-0.2, 0) is 20.0 Å². The Morgan fingerprint density at radius 2 is 1.85 bits per heavy atom. The Labute approximate surface area is 226 Å². The summed E-state index contributed by atoms with van der Waals surface area (Å²) in [5.74, 6) is -8.82. The van der Waals surface area contributed by atoms with Gasteiger partial charge in [0.1, 0.15) is 29.2 Å². The summed E-state index contributed by atoms with van der Waals surface area (Å²) in [7, 11) is 2.95. The third-order valence-electron chi connectivity index (χ3n) is 8.14. The number of rotatable bonds is 3. The molecule has 1 aromatic heterocycles. The molecular formula is C26H27N5O9. The first-order valence-corrected chi connectivity index (χ1v) is 12.2. The van der Waals surface area contributed by atoms with E-state index in [9.17, 15) is 44.7 Å². The summed E-state index contributed by atoms with van der Waals surface area (Å²) < 4.78 is 1.08. The molecule has 5 rings (SSSR count). The number of phenolic OH excluding ortho intramolecular Hbond substituents is 1. The normalized spacial score (nSPS) is 29.7. The highest BCUT2D eigenvalue weighted by atomic mass is 16.3. The molecule has 3 aliphatic carbocycles. The maximum Gasteiger partial charge on any atom is 0.331 e. The molecule has 0 radical (unpaired) electrons. The number of carbonyl (C=O) groups is 4. The molecule has 1 saturated carbocycles. The number of aliphatic hydroxyl groups excluding tert-OH is 2. The van der Waals surface area contributed by atoms with E-state index in [1.165, 1.54) is 56.8 Å². The van der Waals surface area contributed by atoms with Gasteiger partial charge in [-0.05, 0) is 39.1 Å². The first-order valence-electron chi connectivity index (χ1n) is 12.2. The summed E-state index contributed by atoms with van der Waals surface area (Å²) in [6.07, 6.45) is 3.64. The Morgan fingerprint density at radius 1 is 1.18 bits per heavy atom. The number of anilines is 1. The number of phenols is 1. The predicted molar refractivity (Wildman–Crippen MR) is 137 cm³/mol. The van der Waals surface area contributed by atoms with E-state index in [1.54, 1.807) is 0 Å². The van der Waals surface area contributed by atoms with Crippen molar-refractivity contribution in [3.63, 3.8) is 0 Å². The highest BCUT2D eigenvalue weighted by Crippen LogP contribution is 2.57. The third-order valence-corrected chi connectivity index (χ3v) is 8.14. The molecule has 1 heterocycles. The van der Waals surface area contributed by atoms with E-state index in [0.717, 1.165) is 4.57 Å². The molecule has 0 bridgehead atoms. The standard InChI is InChI=1S/C26H27N5O9/c1-25(39)10-4-5-13(29-24(38)31-7-6-28-9-31)18(32)14(10)19(33)15-11(25)8-12-17(30(2)3)20(34)16(23(27)37)22(36)26(12,40)21(15)35/h4-7,9,11-12,17,32-33,36,39-40H,8H2,1-3H3,(H2,27,37)(H,29,38)/t11-,12-,17-,25+,26-/m0/s1. The van der Waals surface area contributed by atoms with E-state index in [4.69, 9.17) is 5.73 Å². The highest BCUT2D eigenvalue weighted by molar-refractivity contribution is 6.24. The molecule has 14 nitrogen and oxygen atoms in total. The van der Waals surface area contributed by atoms with Crippen LogP contribution in [0, 0.1) is 11.8 Å². The van der Waals surface area contributed by atoms with Gasteiger partial charge in [0.25, 0.3) is 5.91 Å². The van der Waals surface area contributed by atoms with E-state index in [-0.39, 0.29) is 23.2 Å². The van der Waals surface area contributed by atoms with Crippen molar-refractivity contribution in [2.75, 3.05) is 19.4 Å². The van der Waals surface area contributed by atoms with Gasteiger partial charge in [0.05, 0.1) is 22.9 Å². The largest absolute Gasteiger partial charge is 0.508 e. The molecule has 210 valence electrons. The van der Waals surface area contributed by atoms with Crippen LogP contribution in [0.15, 0.2) is 47.8 Å². The number of primary amides is 1. The molecule has 8 N–H and O–H groups in total. The summed E-state index contributed by atoms with van der Waals surface area (Å²) in [4.78, 5) is 56.9. The van der Waals surface area contributed by atoms with Gasteiger partial charge in [-0.3, -0.25) is 23.9 Å². The molecule has 14 heteroatoms. The summed E-state index contributed by atoms with van der Waals surface area (Å²) >= 11 is 0. The minimum absolute atomic E-state index is 0.0104. The van der Waals surface area contributed by atoms with Crippen LogP contribution in [0.25, 0.3) is 5.76 Å². The molecule has 5 atom stereocenters. The number of benzene rings is 1. The minimum atomic E-state index is -2.86. The summed E-state index contributed by atoms with van der Waals surface area (Å²) in [6.45, 7) is 1.34. The van der Waals surface area contributed by atoms with Crippen molar-refractivity contribution in [1.29, 1.82) is 0 Å². The lowest BCUT2D eigenvalue weighted by Crippen LogP contribution is -2.67. The molecule has 2 aromatic rings. The minimum Gasteiger partial charge on any atom is -0.508 e. The summed E-state index contributed by atoms with van der Waals surface area (Å²) in [6, 6.07) is 0.663. The number of imidazole rings is 1. The average molecular weight is 554 g/mol. The van der Waals surface area contributed by atoms with Crippen molar-refractivity contribution in [2.24, 2.45) is 17.6 Å². The van der Waals surface area contributed by atoms with Gasteiger partial charge in [0, 0.05) is 29.8 Å². The Balaban J connectivity index is 1.71. The number of hydrogen-bond acceptors (Lipinski definition) is 11. The predicted octanol–water partition coefficient (Wildman–Crippen LogP) is -0.0943. The number of nitrogens with zero attached hydrogens (tertiary/aromatic N) is 3. The van der Waals surface area contributed by atoms with Gasteiger partial charge in [0.2, 0.25) is 5.78 Å². The number of nitrogens with one attached hydrogen (secondary N) is 1. The third kappa shape index (κ3) is 3.43. The molecule has 0 aliphatic heterocycles. The molecule has 3 aliphatic rings. The number of aromatic hydroxyl groups is 1. The van der Waals surface area contributed by atoms with Crippen LogP contribution in [0.3, 0.4) is 0 Å². The van der Waals surface area contributed by atoms with Gasteiger partial charge < -0.3 is 36.6 Å². The second-order valence-corrected chi connectivity index (χ2v) is 10.5. The van der Waals surface area contributed by atoms with Crippen molar-refractivity contribution in [3.05, 3.63) is 58.9 Å². The second kappa shape index (κ2) is 8.74. The number of nitrogens with two attached hydrogens (primary N) is 1. The number of carbonyl (C=O) groups excluding carboxylic acids is 4. The highest BCUT2D eigenvalue weighted by Gasteiger charge is 2.66. The Morgan fingerprint density at radius 3 is 2.42 bits per heavy atom. The van der Waals surface area contributed by atoms with Gasteiger partial charge in [-0.25, -0.2) is 9.78 Å². The van der Waals surface area contributed by atoms with Crippen LogP contribution in [-0.4, -0.2) is 89.2 Å². The monoisotopic (exact) mass is 553 g/mol. The van der Waals surface area contributed by atoms with Gasteiger partial charge in [-0.2, -0.15) is 0 Å². The van der Waals surface area contributed by atoms with Crippen molar-refractivity contribution in [3.8, 4) is 5.75 Å². The van der Waals surface area contributed by atoms with Crippen molar-refractivity contribution >= 4 is 35.0 Å². The number of aromatic nitrogens is 2. The van der Waals surface area contributed by atoms with E-state index >= 15 is 0 Å². The number of ketones is 2. The number of fused-ring (bicyclic) bond motifs is 3. The van der Waals surface area contributed by atoms with Crippen LogP contribution in [0.5, 0.6) is 5.75 Å². The molecule has 2 amide bonds. The molecule has 1 aromatic carbocycles. The Kier molecular flexibility index (Phi) is 5.91. The lowest BCUT2D eigenvalue weighted by atomic mass is 9.54. The maximum absolute atomic E-state index is 14.0. The van der Waals surface area contributed by atoms with E-state index in [2.05, 4.69) is 10.3 Å². The van der Waals surface area contributed by atoms with E-state index in [0.29, 0.717) is 0 Å². The molecule has 0 spiro atoms. The molecule has 0 unspecified atom stereocenters. The lowest BCUT2D eigenvalue weighted by Gasteiger charge is -2.53. The van der Waals surface area contributed by atoms with E-state index in [1.807, 2.05) is 0 Å². The first kappa shape index (κ1) is 27.1. The zero-order chi connectivity index (χ0) is 29.5. The SMILES string of the molecule is CN(C)[C@@H]1C(=O)C(C(N)=O)=C(O)[C@@]2(O)C(=O)C3=C(O)c4c(ccc(NC(=O)n5ccnc5)c4O)[C@@](C)(O)[C@H]3C[C@@H]12. The Bertz CT molecular complexity index is 1560. The zero-order valence-electron chi connectivity index (χ0n) is 21.6. The van der Waals surface area contributed by atoms with Crippen LogP contribution < -0.4 is 11.1 Å². The fourth-order valence-electron chi connectivity index (χ4n) is 6.20. The fraction of sp³-hybridized carbons (Fsp3) is 0.346. The topological polar surface area (TPSA) is 229 Å². The van der Waals surface area contributed by atoms with Crippen molar-refractivity contribution in [1.82, 2.24) is 14.5 Å². The molecule has 40 heavy (non-hydrogen) atoms. The van der Waals surface area contributed by atoms with Crippen LogP contribution in [0.4, 0.5) is 10.5 Å². The lowest BCUT2D eigenvalue weighted by molar-refractivity contribution is -0.159. The van der Waals surface area contributed by atoms with Crippen LogP contribution in [0.1, 0.15) is 24.5 Å². The number of hydrogen-bond donors (Lipinski definition) is 7. The summed E-state index contributed by atoms with van der Waals surface area (Å²) in [5.41, 5.74) is -1.51. The van der Waals surface area contributed by atoms with Gasteiger partial charge in [0.15, 0.2) is 11.4 Å². The number of aliphatic hydroxyl groups is 4. The number of amides is 2. The fourth-order valence-corrected chi connectivity index (χ4v) is 6.20. The van der Waals surface area contributed by atoms with Crippen molar-refractivity contribution in [2.45, 2.75) is 30.6 Å². The molecular weight excluding hydrogens is 526 g/mol. The smallest absolute Gasteiger partial charge is 0.331 e. The second-order valence-electron chi connectivity index (χ2n) is 10.5. The quantitative estimate of drug-likeness (QED) is 0.196. The van der Waals surface area contributed by atoms with Gasteiger partial charge in [-0.1, -0.05) is 6.07 Å². The average Bonchev–Trinajstić information content (AvgIpc) is 3.41. The maximum atomic E-state index is 14.0. The van der Waals surface area contributed by atoms with E-state index < -0.39 is 81.0 Å². The zero-order valence-corrected chi connectivity index (χ0v) is 21.6. The number of Topliss-reactive ketones (excluding diaryl/α,β-unsaturated/α-hetero) is 2. The van der Waals surface area contributed by atoms with Crippen LogP contribution >= 0.6 is 0 Å². The Hall–Kier alpha value is -4.53. The van der Waals surface area contributed by atoms with Gasteiger partial charge >= 0.3 is 6.03 Å². The molecule has 0 saturated heterocycles. The van der Waals surface area contributed by atoms with Crippen LogP contribution in [0.2, 0.25) is 0 Å². The number of likely N-dealkylation sites (N-methyl/N-ethyl adjacent to an activating group) is 1. The van der Waals surface area contributed by atoms with Crippen molar-refractivity contribution < 1.29 is 44.7 Å². The first-order chi connectivity index (χ1) is 18.6.